The van der Waals surface area contributed by atoms with Gasteiger partial charge in [-0.1, -0.05) is 5.92 Å². The average Bonchev–Trinajstić information content (AvgIpc) is 3.13. The maximum atomic E-state index is 5.59. The van der Waals surface area contributed by atoms with Gasteiger partial charge in [-0.15, -0.1) is 6.42 Å². The summed E-state index contributed by atoms with van der Waals surface area (Å²) in [6, 6.07) is 4.10. The smallest absolute Gasteiger partial charge is 0.0601 e. The molecule has 0 spiro atoms. The summed E-state index contributed by atoms with van der Waals surface area (Å²) in [5.74, 6) is 3.60. The van der Waals surface area contributed by atoms with Gasteiger partial charge in [0, 0.05) is 25.8 Å². The zero-order valence-electron chi connectivity index (χ0n) is 10.1. The minimum absolute atomic E-state index is 0.492. The van der Waals surface area contributed by atoms with Gasteiger partial charge in [0.1, 0.15) is 0 Å². The number of nitrogens with zero attached hydrogens (tertiary/aromatic N) is 2. The van der Waals surface area contributed by atoms with Gasteiger partial charge in [-0.2, -0.15) is 0 Å². The lowest BCUT2D eigenvalue weighted by atomic mass is 10.2. The summed E-state index contributed by atoms with van der Waals surface area (Å²) in [6.07, 6.45) is 9.94. The third-order valence-corrected chi connectivity index (χ3v) is 3.02. The fourth-order valence-corrected chi connectivity index (χ4v) is 1.98. The average molecular weight is 229 g/mol. The van der Waals surface area contributed by atoms with Gasteiger partial charge in [0.25, 0.3) is 0 Å². The van der Waals surface area contributed by atoms with E-state index < -0.39 is 0 Å². The van der Waals surface area contributed by atoms with E-state index in [-0.39, 0.29) is 0 Å². The fourth-order valence-electron chi connectivity index (χ4n) is 1.98. The van der Waals surface area contributed by atoms with E-state index in [0.29, 0.717) is 6.54 Å². The van der Waals surface area contributed by atoms with Crippen LogP contribution < -0.4 is 5.73 Å². The lowest BCUT2D eigenvalue weighted by Gasteiger charge is -2.19. The molecule has 2 rings (SSSR count). The van der Waals surface area contributed by atoms with Crippen LogP contribution in [0.1, 0.15) is 24.1 Å². The Morgan fingerprint density at radius 2 is 2.35 bits per heavy atom. The van der Waals surface area contributed by atoms with Gasteiger partial charge in [-0.25, -0.2) is 0 Å². The highest BCUT2D eigenvalue weighted by atomic mass is 15.1. The van der Waals surface area contributed by atoms with Crippen molar-refractivity contribution in [1.82, 2.24) is 9.88 Å². The summed E-state index contributed by atoms with van der Waals surface area (Å²) in [7, 11) is 0. The standard InChI is InChI=1S/C14H19N3/c1-2-7-17(10-12-3-4-12)11-13-5-6-16-14(8-13)9-15/h1,5-6,8,12H,3-4,7,9-11,15H2. The molecule has 1 saturated carbocycles. The Kier molecular flexibility index (Phi) is 4.13. The minimum Gasteiger partial charge on any atom is -0.325 e. The van der Waals surface area contributed by atoms with E-state index in [1.165, 1.54) is 18.4 Å². The van der Waals surface area contributed by atoms with Crippen molar-refractivity contribution in [3.05, 3.63) is 29.6 Å². The predicted molar refractivity (Wildman–Crippen MR) is 69.0 cm³/mol. The number of aromatic nitrogens is 1. The molecule has 90 valence electrons. The SMILES string of the molecule is C#CCN(Cc1ccnc(CN)c1)CC1CC1. The molecule has 0 saturated heterocycles. The van der Waals surface area contributed by atoms with E-state index in [1.807, 2.05) is 12.3 Å². The summed E-state index contributed by atoms with van der Waals surface area (Å²) in [6.45, 7) is 3.23. The number of rotatable bonds is 6. The Hall–Kier alpha value is -1.37. The summed E-state index contributed by atoms with van der Waals surface area (Å²) < 4.78 is 0. The van der Waals surface area contributed by atoms with E-state index in [0.717, 1.165) is 31.2 Å². The Balaban J connectivity index is 1.97. The van der Waals surface area contributed by atoms with E-state index in [1.54, 1.807) is 0 Å². The molecule has 0 atom stereocenters. The molecule has 1 aromatic heterocycles. The Morgan fingerprint density at radius 1 is 1.53 bits per heavy atom. The number of hydrogen-bond acceptors (Lipinski definition) is 3. The molecular formula is C14H19N3. The molecule has 17 heavy (non-hydrogen) atoms. The van der Waals surface area contributed by atoms with Gasteiger partial charge < -0.3 is 5.73 Å². The number of pyridine rings is 1. The highest BCUT2D eigenvalue weighted by molar-refractivity contribution is 5.16. The zero-order valence-corrected chi connectivity index (χ0v) is 10.1. The van der Waals surface area contributed by atoms with Crippen molar-refractivity contribution in [2.24, 2.45) is 11.7 Å². The quantitative estimate of drug-likeness (QED) is 0.749. The molecule has 0 radical (unpaired) electrons. The summed E-state index contributed by atoms with van der Waals surface area (Å²) in [4.78, 5) is 6.53. The van der Waals surface area contributed by atoms with E-state index >= 15 is 0 Å². The lowest BCUT2D eigenvalue weighted by Crippen LogP contribution is -2.26. The second-order valence-corrected chi connectivity index (χ2v) is 4.68. The van der Waals surface area contributed by atoms with Crippen LogP contribution in [-0.2, 0) is 13.1 Å². The van der Waals surface area contributed by atoms with Gasteiger partial charge >= 0.3 is 0 Å². The molecule has 1 aliphatic carbocycles. The van der Waals surface area contributed by atoms with Gasteiger partial charge in [0.2, 0.25) is 0 Å². The zero-order chi connectivity index (χ0) is 12.1. The Labute approximate surface area is 103 Å². The Bertz CT molecular complexity index is 404. The van der Waals surface area contributed by atoms with Crippen molar-refractivity contribution in [2.75, 3.05) is 13.1 Å². The third-order valence-electron chi connectivity index (χ3n) is 3.02. The molecule has 0 aromatic carbocycles. The van der Waals surface area contributed by atoms with Crippen molar-refractivity contribution >= 4 is 0 Å². The van der Waals surface area contributed by atoms with Crippen LogP contribution in [0.25, 0.3) is 0 Å². The van der Waals surface area contributed by atoms with Crippen molar-refractivity contribution in [1.29, 1.82) is 0 Å². The van der Waals surface area contributed by atoms with Gasteiger partial charge in [0.05, 0.1) is 12.2 Å². The molecule has 0 unspecified atom stereocenters. The van der Waals surface area contributed by atoms with Crippen molar-refractivity contribution in [2.45, 2.75) is 25.9 Å². The molecule has 1 fully saturated rings. The molecule has 3 nitrogen and oxygen atoms in total. The molecule has 1 heterocycles. The molecule has 2 N–H and O–H groups in total. The van der Waals surface area contributed by atoms with Crippen LogP contribution in [0.2, 0.25) is 0 Å². The summed E-state index contributed by atoms with van der Waals surface area (Å²) in [5, 5.41) is 0. The Morgan fingerprint density at radius 3 is 3.00 bits per heavy atom. The van der Waals surface area contributed by atoms with E-state index in [2.05, 4.69) is 21.9 Å². The first-order chi connectivity index (χ1) is 8.31. The molecule has 1 aliphatic rings. The molecular weight excluding hydrogens is 210 g/mol. The largest absolute Gasteiger partial charge is 0.325 e. The minimum atomic E-state index is 0.492. The van der Waals surface area contributed by atoms with Crippen LogP contribution in [-0.4, -0.2) is 23.0 Å². The number of terminal acetylenes is 1. The first-order valence-electron chi connectivity index (χ1n) is 6.11. The van der Waals surface area contributed by atoms with Crippen molar-refractivity contribution < 1.29 is 0 Å². The van der Waals surface area contributed by atoms with Crippen LogP contribution in [0.3, 0.4) is 0 Å². The van der Waals surface area contributed by atoms with Gasteiger partial charge in [-0.3, -0.25) is 9.88 Å². The fraction of sp³-hybridized carbons (Fsp3) is 0.500. The van der Waals surface area contributed by atoms with Crippen LogP contribution >= 0.6 is 0 Å². The molecule has 0 bridgehead atoms. The normalized spacial score (nSPS) is 14.9. The third kappa shape index (κ3) is 3.85. The van der Waals surface area contributed by atoms with Gasteiger partial charge in [0.15, 0.2) is 0 Å². The molecule has 0 aliphatic heterocycles. The molecule has 3 heteroatoms. The molecule has 0 amide bonds. The maximum absolute atomic E-state index is 5.59. The highest BCUT2D eigenvalue weighted by Crippen LogP contribution is 2.30. The monoisotopic (exact) mass is 229 g/mol. The molecule has 1 aromatic rings. The highest BCUT2D eigenvalue weighted by Gasteiger charge is 2.23. The van der Waals surface area contributed by atoms with Crippen molar-refractivity contribution in [3.8, 4) is 12.3 Å². The predicted octanol–water partition coefficient (Wildman–Crippen LogP) is 1.39. The second-order valence-electron chi connectivity index (χ2n) is 4.68. The summed E-state index contributed by atoms with van der Waals surface area (Å²) in [5.41, 5.74) is 7.78. The van der Waals surface area contributed by atoms with Gasteiger partial charge in [-0.05, 0) is 36.5 Å². The number of hydrogen-bond donors (Lipinski definition) is 1. The maximum Gasteiger partial charge on any atom is 0.0601 e. The summed E-state index contributed by atoms with van der Waals surface area (Å²) >= 11 is 0. The van der Waals surface area contributed by atoms with Crippen LogP contribution in [0, 0.1) is 18.3 Å². The topological polar surface area (TPSA) is 42.2 Å². The second kappa shape index (κ2) is 5.81. The first-order valence-corrected chi connectivity index (χ1v) is 6.11. The van der Waals surface area contributed by atoms with Crippen molar-refractivity contribution in [3.63, 3.8) is 0 Å². The van der Waals surface area contributed by atoms with Crippen LogP contribution in [0.4, 0.5) is 0 Å². The van der Waals surface area contributed by atoms with E-state index in [9.17, 15) is 0 Å². The lowest BCUT2D eigenvalue weighted by molar-refractivity contribution is 0.286. The number of nitrogens with two attached hydrogens (primary N) is 1. The first kappa shape index (κ1) is 12.1. The van der Waals surface area contributed by atoms with Crippen LogP contribution in [0.5, 0.6) is 0 Å². The van der Waals surface area contributed by atoms with Crippen LogP contribution in [0.15, 0.2) is 18.3 Å². The van der Waals surface area contributed by atoms with E-state index in [4.69, 9.17) is 12.2 Å².